The predicted octanol–water partition coefficient (Wildman–Crippen LogP) is 1.65. The number of nitrogens with one attached hydrogen (secondary N) is 1. The van der Waals surface area contributed by atoms with Crippen LogP contribution in [0.25, 0.3) is 5.65 Å². The minimum Gasteiger partial charge on any atom is -0.370 e. The first-order valence-corrected chi connectivity index (χ1v) is 9.79. The van der Waals surface area contributed by atoms with Gasteiger partial charge in [-0.1, -0.05) is 6.07 Å². The number of aromatic nitrogens is 4. The van der Waals surface area contributed by atoms with Crippen LogP contribution in [0.5, 0.6) is 0 Å². The minimum atomic E-state index is 0.0183. The SMILES string of the molecule is CCNC(=NCCc1cn2ccccc2n1)N1CCOC(c2cnn(C)c2)C1. The molecule has 1 saturated heterocycles. The predicted molar refractivity (Wildman–Crippen MR) is 108 cm³/mol. The van der Waals surface area contributed by atoms with Gasteiger partial charge < -0.3 is 19.4 Å². The molecule has 4 heterocycles. The van der Waals surface area contributed by atoms with Crippen LogP contribution in [-0.2, 0) is 18.2 Å². The summed E-state index contributed by atoms with van der Waals surface area (Å²) in [5, 5.41) is 7.68. The Hall–Kier alpha value is -2.87. The van der Waals surface area contributed by atoms with Crippen molar-refractivity contribution in [2.75, 3.05) is 32.8 Å². The summed E-state index contributed by atoms with van der Waals surface area (Å²) in [6.07, 6.45) is 8.82. The van der Waals surface area contributed by atoms with E-state index in [0.717, 1.165) is 48.9 Å². The van der Waals surface area contributed by atoms with Gasteiger partial charge in [0, 0.05) is 57.3 Å². The molecule has 3 aromatic heterocycles. The van der Waals surface area contributed by atoms with Gasteiger partial charge >= 0.3 is 0 Å². The van der Waals surface area contributed by atoms with Crippen LogP contribution in [0, 0.1) is 0 Å². The summed E-state index contributed by atoms with van der Waals surface area (Å²) in [5.74, 6) is 0.934. The van der Waals surface area contributed by atoms with Crippen molar-refractivity contribution in [2.24, 2.45) is 12.0 Å². The van der Waals surface area contributed by atoms with E-state index in [1.54, 1.807) is 0 Å². The maximum absolute atomic E-state index is 5.95. The molecular weight excluding hydrogens is 354 g/mol. The fourth-order valence-electron chi connectivity index (χ4n) is 3.46. The molecule has 0 saturated carbocycles. The zero-order chi connectivity index (χ0) is 19.3. The van der Waals surface area contributed by atoms with Crippen molar-refractivity contribution >= 4 is 11.6 Å². The highest BCUT2D eigenvalue weighted by atomic mass is 16.5. The highest BCUT2D eigenvalue weighted by Crippen LogP contribution is 2.21. The Labute approximate surface area is 164 Å². The van der Waals surface area contributed by atoms with E-state index in [9.17, 15) is 0 Å². The molecular formula is C20H27N7O. The first-order chi connectivity index (χ1) is 13.7. The van der Waals surface area contributed by atoms with Crippen LogP contribution >= 0.6 is 0 Å². The van der Waals surface area contributed by atoms with E-state index >= 15 is 0 Å². The monoisotopic (exact) mass is 381 g/mol. The summed E-state index contributed by atoms with van der Waals surface area (Å²) in [6.45, 7) is 5.90. The molecule has 1 aliphatic rings. The molecule has 0 spiro atoms. The Balaban J connectivity index is 1.41. The molecule has 1 aliphatic heterocycles. The molecule has 0 bridgehead atoms. The third kappa shape index (κ3) is 4.17. The average molecular weight is 381 g/mol. The smallest absolute Gasteiger partial charge is 0.194 e. The first kappa shape index (κ1) is 18.5. The fourth-order valence-corrected chi connectivity index (χ4v) is 3.46. The van der Waals surface area contributed by atoms with Crippen LogP contribution in [0.4, 0.5) is 0 Å². The summed E-state index contributed by atoms with van der Waals surface area (Å²) < 4.78 is 9.81. The van der Waals surface area contributed by atoms with Gasteiger partial charge in [0.2, 0.25) is 0 Å². The lowest BCUT2D eigenvalue weighted by Crippen LogP contribution is -2.48. The third-order valence-electron chi connectivity index (χ3n) is 4.84. The lowest BCUT2D eigenvalue weighted by molar-refractivity contribution is -0.00803. The van der Waals surface area contributed by atoms with Gasteiger partial charge in [0.15, 0.2) is 5.96 Å². The van der Waals surface area contributed by atoms with E-state index in [1.165, 1.54) is 0 Å². The molecule has 1 unspecified atom stereocenters. The van der Waals surface area contributed by atoms with E-state index in [1.807, 2.05) is 52.9 Å². The maximum atomic E-state index is 5.95. The van der Waals surface area contributed by atoms with Gasteiger partial charge in [0.05, 0.1) is 25.0 Å². The summed E-state index contributed by atoms with van der Waals surface area (Å²) in [7, 11) is 1.93. The number of nitrogens with zero attached hydrogens (tertiary/aromatic N) is 6. The highest BCUT2D eigenvalue weighted by Gasteiger charge is 2.25. The number of morpholine rings is 1. The molecule has 0 aliphatic carbocycles. The molecule has 0 amide bonds. The second-order valence-corrected chi connectivity index (χ2v) is 6.94. The quantitative estimate of drug-likeness (QED) is 0.537. The van der Waals surface area contributed by atoms with Crippen LogP contribution in [0.3, 0.4) is 0 Å². The Bertz CT molecular complexity index is 912. The molecule has 148 valence electrons. The van der Waals surface area contributed by atoms with Crippen molar-refractivity contribution in [3.05, 3.63) is 54.2 Å². The van der Waals surface area contributed by atoms with Crippen LogP contribution in [0.2, 0.25) is 0 Å². The van der Waals surface area contributed by atoms with Gasteiger partial charge in [-0.05, 0) is 19.1 Å². The molecule has 1 fully saturated rings. The molecule has 0 radical (unpaired) electrons. The van der Waals surface area contributed by atoms with Gasteiger partial charge in [-0.2, -0.15) is 5.10 Å². The zero-order valence-electron chi connectivity index (χ0n) is 16.5. The van der Waals surface area contributed by atoms with E-state index in [0.29, 0.717) is 13.2 Å². The molecule has 8 nitrogen and oxygen atoms in total. The molecule has 4 rings (SSSR count). The Morgan fingerprint density at radius 3 is 3.07 bits per heavy atom. The number of imidazole rings is 1. The summed E-state index contributed by atoms with van der Waals surface area (Å²) in [6, 6.07) is 6.03. The fraction of sp³-hybridized carbons (Fsp3) is 0.450. The number of fused-ring (bicyclic) bond motifs is 1. The maximum Gasteiger partial charge on any atom is 0.194 e. The first-order valence-electron chi connectivity index (χ1n) is 9.79. The lowest BCUT2D eigenvalue weighted by Gasteiger charge is -2.34. The van der Waals surface area contributed by atoms with E-state index in [4.69, 9.17) is 9.73 Å². The highest BCUT2D eigenvalue weighted by molar-refractivity contribution is 5.80. The normalized spacial score (nSPS) is 18.0. The van der Waals surface area contributed by atoms with Crippen molar-refractivity contribution in [1.29, 1.82) is 0 Å². The number of aryl methyl sites for hydroxylation is 1. The number of pyridine rings is 1. The van der Waals surface area contributed by atoms with Gasteiger partial charge in [-0.25, -0.2) is 4.98 Å². The number of rotatable bonds is 5. The molecule has 3 aromatic rings. The van der Waals surface area contributed by atoms with E-state index in [-0.39, 0.29) is 6.10 Å². The van der Waals surface area contributed by atoms with Crippen LogP contribution in [-0.4, -0.2) is 62.8 Å². The van der Waals surface area contributed by atoms with E-state index < -0.39 is 0 Å². The topological polar surface area (TPSA) is 72.0 Å². The van der Waals surface area contributed by atoms with Crippen molar-refractivity contribution < 1.29 is 4.74 Å². The van der Waals surface area contributed by atoms with Crippen LogP contribution in [0.15, 0.2) is 48.0 Å². The second kappa shape index (κ2) is 8.43. The molecule has 1 N–H and O–H groups in total. The second-order valence-electron chi connectivity index (χ2n) is 6.94. The molecule has 8 heteroatoms. The van der Waals surface area contributed by atoms with Crippen LogP contribution < -0.4 is 5.32 Å². The number of ether oxygens (including phenoxy) is 1. The number of guanidine groups is 1. The Kier molecular flexibility index (Phi) is 5.57. The largest absolute Gasteiger partial charge is 0.370 e. The summed E-state index contributed by atoms with van der Waals surface area (Å²) in [5.41, 5.74) is 3.13. The molecule has 28 heavy (non-hydrogen) atoms. The molecule has 1 atom stereocenters. The zero-order valence-corrected chi connectivity index (χ0v) is 16.5. The van der Waals surface area contributed by atoms with Crippen molar-refractivity contribution in [1.82, 2.24) is 29.4 Å². The Morgan fingerprint density at radius 1 is 1.36 bits per heavy atom. The van der Waals surface area contributed by atoms with Crippen LogP contribution in [0.1, 0.15) is 24.3 Å². The standard InChI is InChI=1S/C20H27N7O/c1-3-21-20(22-8-7-17-14-26-9-5-4-6-19(26)24-17)27-10-11-28-18(15-27)16-12-23-25(2)13-16/h4-6,9,12-14,18H,3,7-8,10-11,15H2,1-2H3,(H,21,22). The van der Waals surface area contributed by atoms with Gasteiger partial charge in [-0.3, -0.25) is 9.67 Å². The van der Waals surface area contributed by atoms with E-state index in [2.05, 4.69) is 33.4 Å². The van der Waals surface area contributed by atoms with Gasteiger partial charge in [-0.15, -0.1) is 0 Å². The Morgan fingerprint density at radius 2 is 2.29 bits per heavy atom. The van der Waals surface area contributed by atoms with Gasteiger partial charge in [0.1, 0.15) is 11.8 Å². The molecule has 0 aromatic carbocycles. The van der Waals surface area contributed by atoms with Gasteiger partial charge in [0.25, 0.3) is 0 Å². The van der Waals surface area contributed by atoms with Crippen molar-refractivity contribution in [3.63, 3.8) is 0 Å². The summed E-state index contributed by atoms with van der Waals surface area (Å²) in [4.78, 5) is 11.8. The number of hydrogen-bond donors (Lipinski definition) is 1. The summed E-state index contributed by atoms with van der Waals surface area (Å²) >= 11 is 0. The number of hydrogen-bond acceptors (Lipinski definition) is 4. The van der Waals surface area contributed by atoms with Crippen molar-refractivity contribution in [2.45, 2.75) is 19.4 Å². The van der Waals surface area contributed by atoms with Crippen molar-refractivity contribution in [3.8, 4) is 0 Å². The average Bonchev–Trinajstić information content (AvgIpc) is 3.33. The minimum absolute atomic E-state index is 0.0183. The lowest BCUT2D eigenvalue weighted by atomic mass is 10.1. The number of aliphatic imine (C=N–C) groups is 1. The third-order valence-corrected chi connectivity index (χ3v) is 4.84.